The fourth-order valence-corrected chi connectivity index (χ4v) is 1.63. The summed E-state index contributed by atoms with van der Waals surface area (Å²) >= 11 is 2.19. The van der Waals surface area contributed by atoms with E-state index >= 15 is 0 Å². The number of hydrogen-bond acceptors (Lipinski definition) is 3. The number of carbonyl (C=O) groups is 1. The molecule has 0 aromatic heterocycles. The van der Waals surface area contributed by atoms with Crippen molar-refractivity contribution >= 4 is 28.8 Å². The number of likely N-dealkylation sites (N-methyl/N-ethyl adjacent to an activating group) is 1. The number of carbonyl (C=O) groups excluding carboxylic acids is 1. The van der Waals surface area contributed by atoms with Crippen LogP contribution in [0.2, 0.25) is 0 Å². The van der Waals surface area contributed by atoms with Crippen LogP contribution in [0.1, 0.15) is 13.3 Å². The lowest BCUT2D eigenvalue weighted by atomic mass is 9.94. The topological polar surface area (TPSA) is 29.5 Å². The third-order valence-electron chi connectivity index (χ3n) is 1.89. The SMILES string of the molecule is CCC1C(=O)OC1CN(C)I. The highest BCUT2D eigenvalue weighted by Crippen LogP contribution is 2.26. The summed E-state index contributed by atoms with van der Waals surface area (Å²) in [5.41, 5.74) is 0. The largest absolute Gasteiger partial charge is 0.460 e. The highest BCUT2D eigenvalue weighted by Gasteiger charge is 2.40. The molecule has 0 amide bonds. The molecule has 3 nitrogen and oxygen atoms in total. The molecule has 4 heteroatoms. The maximum Gasteiger partial charge on any atom is 0.313 e. The van der Waals surface area contributed by atoms with Crippen molar-refractivity contribution in [3.63, 3.8) is 0 Å². The summed E-state index contributed by atoms with van der Waals surface area (Å²) in [6.07, 6.45) is 1.03. The minimum Gasteiger partial charge on any atom is -0.460 e. The second-order valence-electron chi connectivity index (χ2n) is 2.78. The van der Waals surface area contributed by atoms with Gasteiger partial charge in [0.05, 0.1) is 5.92 Å². The molecule has 1 heterocycles. The van der Waals surface area contributed by atoms with Crippen molar-refractivity contribution < 1.29 is 9.53 Å². The van der Waals surface area contributed by atoms with Gasteiger partial charge < -0.3 is 4.74 Å². The first-order chi connectivity index (χ1) is 5.15. The Hall–Kier alpha value is 0.160. The molecule has 11 heavy (non-hydrogen) atoms. The Morgan fingerprint density at radius 3 is 2.73 bits per heavy atom. The summed E-state index contributed by atoms with van der Waals surface area (Å²) in [4.78, 5) is 10.8. The number of halogens is 1. The molecule has 0 aromatic rings. The molecular formula is C7H12INO2. The smallest absolute Gasteiger partial charge is 0.313 e. The van der Waals surface area contributed by atoms with Crippen molar-refractivity contribution in [2.24, 2.45) is 5.92 Å². The standard InChI is InChI=1S/C7H12INO2/c1-3-5-6(4-9(2)8)11-7(5)10/h5-6H,3-4H2,1-2H3. The van der Waals surface area contributed by atoms with Crippen LogP contribution in [0.25, 0.3) is 0 Å². The Kier molecular flexibility index (Phi) is 3.12. The number of nitrogens with zero attached hydrogens (tertiary/aromatic N) is 1. The quantitative estimate of drug-likeness (QED) is 0.438. The lowest BCUT2D eigenvalue weighted by Gasteiger charge is -2.35. The Labute approximate surface area is 80.6 Å². The first kappa shape index (κ1) is 9.25. The van der Waals surface area contributed by atoms with Gasteiger partial charge in [-0.3, -0.25) is 4.79 Å². The maximum atomic E-state index is 10.8. The summed E-state index contributed by atoms with van der Waals surface area (Å²) in [6, 6.07) is 0. The van der Waals surface area contributed by atoms with E-state index in [1.54, 1.807) is 0 Å². The molecule has 1 saturated heterocycles. The molecule has 2 unspecified atom stereocenters. The van der Waals surface area contributed by atoms with Crippen molar-refractivity contribution in [1.82, 2.24) is 3.11 Å². The van der Waals surface area contributed by atoms with E-state index in [-0.39, 0.29) is 18.0 Å². The van der Waals surface area contributed by atoms with Crippen LogP contribution < -0.4 is 0 Å². The van der Waals surface area contributed by atoms with E-state index in [2.05, 4.69) is 22.9 Å². The minimum absolute atomic E-state index is 0.0317. The predicted molar refractivity (Wildman–Crippen MR) is 50.3 cm³/mol. The third kappa shape index (κ3) is 2.05. The molecule has 1 rings (SSSR count). The molecule has 0 aromatic carbocycles. The molecule has 0 radical (unpaired) electrons. The molecule has 0 saturated carbocycles. The zero-order valence-corrected chi connectivity index (χ0v) is 8.87. The molecule has 64 valence electrons. The van der Waals surface area contributed by atoms with Crippen molar-refractivity contribution in [2.75, 3.05) is 13.6 Å². The van der Waals surface area contributed by atoms with E-state index in [1.807, 2.05) is 17.1 Å². The number of hydrogen-bond donors (Lipinski definition) is 0. The van der Waals surface area contributed by atoms with Gasteiger partial charge in [0.25, 0.3) is 0 Å². The molecule has 0 spiro atoms. The van der Waals surface area contributed by atoms with Gasteiger partial charge in [-0.15, -0.1) is 0 Å². The van der Waals surface area contributed by atoms with E-state index in [9.17, 15) is 4.79 Å². The van der Waals surface area contributed by atoms with Crippen LogP contribution >= 0.6 is 22.9 Å². The molecular weight excluding hydrogens is 257 g/mol. The Balaban J connectivity index is 2.33. The van der Waals surface area contributed by atoms with Crippen LogP contribution in [0.5, 0.6) is 0 Å². The van der Waals surface area contributed by atoms with Gasteiger partial charge in [-0.1, -0.05) is 6.92 Å². The van der Waals surface area contributed by atoms with Crippen LogP contribution in [0, 0.1) is 5.92 Å². The van der Waals surface area contributed by atoms with Crippen LogP contribution in [0.4, 0.5) is 0 Å². The van der Waals surface area contributed by atoms with E-state index in [0.717, 1.165) is 13.0 Å². The second kappa shape index (κ2) is 3.71. The van der Waals surface area contributed by atoms with Crippen molar-refractivity contribution in [3.05, 3.63) is 0 Å². The van der Waals surface area contributed by atoms with Crippen LogP contribution in [-0.2, 0) is 9.53 Å². The molecule has 1 fully saturated rings. The maximum absolute atomic E-state index is 10.8. The van der Waals surface area contributed by atoms with Gasteiger partial charge in [0.15, 0.2) is 0 Å². The molecule has 1 aliphatic heterocycles. The average molecular weight is 269 g/mol. The second-order valence-corrected chi connectivity index (χ2v) is 4.42. The molecule has 2 atom stereocenters. The Morgan fingerprint density at radius 2 is 2.36 bits per heavy atom. The first-order valence-corrected chi connectivity index (χ1v) is 4.69. The zero-order chi connectivity index (χ0) is 8.43. The highest BCUT2D eigenvalue weighted by atomic mass is 127. The zero-order valence-electron chi connectivity index (χ0n) is 6.71. The first-order valence-electron chi connectivity index (χ1n) is 3.72. The predicted octanol–water partition coefficient (Wildman–Crippen LogP) is 1.22. The molecule has 0 N–H and O–H groups in total. The third-order valence-corrected chi connectivity index (χ3v) is 2.28. The van der Waals surface area contributed by atoms with E-state index in [4.69, 9.17) is 4.74 Å². The van der Waals surface area contributed by atoms with Crippen LogP contribution in [-0.4, -0.2) is 28.8 Å². The lowest BCUT2D eigenvalue weighted by molar-refractivity contribution is -0.184. The van der Waals surface area contributed by atoms with E-state index < -0.39 is 0 Å². The summed E-state index contributed by atoms with van der Waals surface area (Å²) in [5.74, 6) is 0.114. The van der Waals surface area contributed by atoms with Crippen LogP contribution in [0.15, 0.2) is 0 Å². The fourth-order valence-electron chi connectivity index (χ4n) is 1.24. The Morgan fingerprint density at radius 1 is 1.73 bits per heavy atom. The van der Waals surface area contributed by atoms with E-state index in [1.165, 1.54) is 0 Å². The lowest BCUT2D eigenvalue weighted by Crippen LogP contribution is -2.49. The summed E-state index contributed by atoms with van der Waals surface area (Å²) in [5, 5.41) is 0. The van der Waals surface area contributed by atoms with Gasteiger partial charge >= 0.3 is 5.97 Å². The number of ether oxygens (including phenoxy) is 1. The highest BCUT2D eigenvalue weighted by molar-refractivity contribution is 14.1. The summed E-state index contributed by atoms with van der Waals surface area (Å²) in [6.45, 7) is 2.86. The van der Waals surface area contributed by atoms with Crippen molar-refractivity contribution in [1.29, 1.82) is 0 Å². The number of cyclic esters (lactones) is 1. The summed E-state index contributed by atoms with van der Waals surface area (Å²) in [7, 11) is 1.97. The summed E-state index contributed by atoms with van der Waals surface area (Å²) < 4.78 is 6.98. The van der Waals surface area contributed by atoms with Gasteiger partial charge in [-0.05, 0) is 13.5 Å². The van der Waals surface area contributed by atoms with E-state index in [0.29, 0.717) is 0 Å². The molecule has 0 aliphatic carbocycles. The normalized spacial score (nSPS) is 30.0. The average Bonchev–Trinajstić information content (AvgIpc) is 1.86. The van der Waals surface area contributed by atoms with Gasteiger partial charge in [-0.2, -0.15) is 0 Å². The number of rotatable bonds is 3. The van der Waals surface area contributed by atoms with Crippen molar-refractivity contribution in [2.45, 2.75) is 19.4 Å². The Bertz CT molecular complexity index is 161. The monoisotopic (exact) mass is 269 g/mol. The van der Waals surface area contributed by atoms with Gasteiger partial charge in [-0.25, -0.2) is 3.11 Å². The molecule has 0 bridgehead atoms. The van der Waals surface area contributed by atoms with Crippen molar-refractivity contribution in [3.8, 4) is 0 Å². The number of esters is 1. The fraction of sp³-hybridized carbons (Fsp3) is 0.857. The van der Waals surface area contributed by atoms with Crippen LogP contribution in [0.3, 0.4) is 0 Å². The molecule has 1 aliphatic rings. The van der Waals surface area contributed by atoms with Gasteiger partial charge in [0, 0.05) is 29.4 Å². The van der Waals surface area contributed by atoms with Gasteiger partial charge in [0.2, 0.25) is 0 Å². The van der Waals surface area contributed by atoms with Gasteiger partial charge in [0.1, 0.15) is 6.10 Å². The minimum atomic E-state index is -0.0317.